The van der Waals surface area contributed by atoms with Crippen molar-refractivity contribution in [3.8, 4) is 5.75 Å². The molecule has 0 spiro atoms. The number of nitrogens with zero attached hydrogens (tertiary/aromatic N) is 1. The van der Waals surface area contributed by atoms with Crippen molar-refractivity contribution >= 4 is 29.9 Å². The number of ether oxygens (including phenoxy) is 1. The minimum Gasteiger partial charge on any atom is -0.489 e. The first-order valence-electron chi connectivity index (χ1n) is 9.22. The van der Waals surface area contributed by atoms with Gasteiger partial charge >= 0.3 is 0 Å². The van der Waals surface area contributed by atoms with Crippen molar-refractivity contribution < 1.29 is 9.84 Å². The molecule has 1 atom stereocenters. The highest BCUT2D eigenvalue weighted by atomic mass is 127. The molecule has 3 N–H and O–H groups in total. The Kier molecular flexibility index (Phi) is 11.3. The van der Waals surface area contributed by atoms with Gasteiger partial charge in [-0.25, -0.2) is 4.99 Å². The molecule has 2 aromatic carbocycles. The van der Waals surface area contributed by atoms with Crippen molar-refractivity contribution in [3.05, 3.63) is 77.9 Å². The van der Waals surface area contributed by atoms with Crippen molar-refractivity contribution in [1.29, 1.82) is 0 Å². The van der Waals surface area contributed by atoms with Gasteiger partial charge < -0.3 is 20.5 Å². The molecule has 0 fully saturated rings. The summed E-state index contributed by atoms with van der Waals surface area (Å²) in [6, 6.07) is 15.7. The highest BCUT2D eigenvalue weighted by Gasteiger charge is 2.09. The average Bonchev–Trinajstić information content (AvgIpc) is 2.69. The van der Waals surface area contributed by atoms with Gasteiger partial charge in [0.1, 0.15) is 12.4 Å². The molecular weight excluding hydrogens is 465 g/mol. The Morgan fingerprint density at radius 3 is 2.57 bits per heavy atom. The van der Waals surface area contributed by atoms with E-state index in [4.69, 9.17) is 4.74 Å². The first kappa shape index (κ1) is 24.0. The van der Waals surface area contributed by atoms with Crippen LogP contribution in [0.25, 0.3) is 0 Å². The number of aliphatic hydroxyl groups excluding tert-OH is 1. The smallest absolute Gasteiger partial charge is 0.191 e. The molecule has 0 amide bonds. The summed E-state index contributed by atoms with van der Waals surface area (Å²) in [5.74, 6) is 1.46. The summed E-state index contributed by atoms with van der Waals surface area (Å²) in [5.41, 5.74) is 3.05. The monoisotopic (exact) mass is 495 g/mol. The lowest BCUT2D eigenvalue weighted by atomic mass is 10.1. The van der Waals surface area contributed by atoms with Crippen molar-refractivity contribution in [2.75, 3.05) is 19.7 Å². The van der Waals surface area contributed by atoms with E-state index in [1.54, 1.807) is 6.08 Å². The third kappa shape index (κ3) is 7.90. The lowest BCUT2D eigenvalue weighted by molar-refractivity contribution is 0.181. The molecule has 0 saturated heterocycles. The summed E-state index contributed by atoms with van der Waals surface area (Å²) in [6.07, 6.45) is 1.12. The Balaban J connectivity index is 0.00000392. The second-order valence-electron chi connectivity index (χ2n) is 6.21. The number of nitrogens with one attached hydrogen (secondary N) is 2. The van der Waals surface area contributed by atoms with Gasteiger partial charge in [-0.2, -0.15) is 0 Å². The van der Waals surface area contributed by atoms with Gasteiger partial charge in [-0.15, -0.1) is 24.0 Å². The van der Waals surface area contributed by atoms with Crippen molar-refractivity contribution in [1.82, 2.24) is 10.6 Å². The number of guanidine groups is 1. The highest BCUT2D eigenvalue weighted by Crippen LogP contribution is 2.19. The number of benzene rings is 2. The molecule has 28 heavy (non-hydrogen) atoms. The first-order valence-corrected chi connectivity index (χ1v) is 9.22. The van der Waals surface area contributed by atoms with E-state index in [1.165, 1.54) is 5.56 Å². The molecule has 5 nitrogen and oxygen atoms in total. The molecule has 0 heterocycles. The standard InChI is InChI=1S/C22H29N3O2.HI/c1-4-14-27-21-9-7-6-8-19(21)15-24-22(23-5-2)25-16-20(26)18-12-10-17(3)11-13-18;/h4,6-13,20,26H,1,5,14-16H2,2-3H3,(H2,23,24,25);1H. The van der Waals surface area contributed by atoms with E-state index >= 15 is 0 Å². The van der Waals surface area contributed by atoms with E-state index in [0.29, 0.717) is 25.7 Å². The van der Waals surface area contributed by atoms with Gasteiger partial charge in [0.2, 0.25) is 0 Å². The summed E-state index contributed by atoms with van der Waals surface area (Å²) in [7, 11) is 0. The van der Waals surface area contributed by atoms with Crippen LogP contribution in [0.4, 0.5) is 0 Å². The zero-order valence-corrected chi connectivity index (χ0v) is 18.9. The number of hydrogen-bond donors (Lipinski definition) is 3. The van der Waals surface area contributed by atoms with Gasteiger partial charge in [-0.3, -0.25) is 0 Å². The largest absolute Gasteiger partial charge is 0.489 e. The first-order chi connectivity index (χ1) is 13.1. The van der Waals surface area contributed by atoms with Crippen LogP contribution < -0.4 is 15.4 Å². The average molecular weight is 495 g/mol. The number of para-hydroxylation sites is 1. The normalized spacial score (nSPS) is 11.9. The molecule has 0 saturated carbocycles. The molecule has 0 bridgehead atoms. The van der Waals surface area contributed by atoms with E-state index < -0.39 is 6.10 Å². The molecule has 0 aliphatic carbocycles. The van der Waals surface area contributed by atoms with Gasteiger partial charge in [0, 0.05) is 18.7 Å². The Morgan fingerprint density at radius 1 is 1.18 bits per heavy atom. The van der Waals surface area contributed by atoms with E-state index in [2.05, 4.69) is 22.2 Å². The fourth-order valence-electron chi connectivity index (χ4n) is 2.53. The second-order valence-corrected chi connectivity index (χ2v) is 6.21. The number of aliphatic imine (C=N–C) groups is 1. The fraction of sp³-hybridized carbons (Fsp3) is 0.318. The third-order valence-electron chi connectivity index (χ3n) is 4.01. The van der Waals surface area contributed by atoms with Crippen LogP contribution in [-0.2, 0) is 6.54 Å². The van der Waals surface area contributed by atoms with Crippen LogP contribution in [0.3, 0.4) is 0 Å². The molecular formula is C22H30IN3O2. The number of hydrogen-bond acceptors (Lipinski definition) is 3. The summed E-state index contributed by atoms with van der Waals surface area (Å²) >= 11 is 0. The summed E-state index contributed by atoms with van der Waals surface area (Å²) in [6.45, 7) is 9.77. The summed E-state index contributed by atoms with van der Waals surface area (Å²) in [4.78, 5) is 4.61. The van der Waals surface area contributed by atoms with Gasteiger partial charge in [0.15, 0.2) is 5.96 Å². The maximum atomic E-state index is 10.4. The number of aryl methyl sites for hydroxylation is 1. The Morgan fingerprint density at radius 2 is 1.89 bits per heavy atom. The highest BCUT2D eigenvalue weighted by molar-refractivity contribution is 14.0. The maximum absolute atomic E-state index is 10.4. The lowest BCUT2D eigenvalue weighted by Crippen LogP contribution is -2.39. The van der Waals surface area contributed by atoms with Gasteiger partial charge in [-0.05, 0) is 25.5 Å². The van der Waals surface area contributed by atoms with Crippen LogP contribution in [0.15, 0.2) is 66.2 Å². The van der Waals surface area contributed by atoms with E-state index in [-0.39, 0.29) is 24.0 Å². The van der Waals surface area contributed by atoms with Gasteiger partial charge in [0.05, 0.1) is 12.6 Å². The van der Waals surface area contributed by atoms with Crippen molar-refractivity contribution in [3.63, 3.8) is 0 Å². The molecule has 2 rings (SSSR count). The van der Waals surface area contributed by atoms with Crippen LogP contribution in [0.1, 0.15) is 29.7 Å². The molecule has 1 unspecified atom stereocenters. The Bertz CT molecular complexity index is 748. The number of rotatable bonds is 9. The molecule has 0 aromatic heterocycles. The summed E-state index contributed by atoms with van der Waals surface area (Å²) in [5, 5.41) is 16.8. The quantitative estimate of drug-likeness (QED) is 0.213. The summed E-state index contributed by atoms with van der Waals surface area (Å²) < 4.78 is 5.68. The molecule has 2 aromatic rings. The van der Waals surface area contributed by atoms with Crippen molar-refractivity contribution in [2.45, 2.75) is 26.5 Å². The van der Waals surface area contributed by atoms with E-state index in [0.717, 1.165) is 23.4 Å². The minimum atomic E-state index is -0.599. The molecule has 0 aliphatic rings. The predicted octanol–water partition coefficient (Wildman–Crippen LogP) is 3.97. The molecule has 0 aliphatic heterocycles. The molecule has 0 radical (unpaired) electrons. The molecule has 6 heteroatoms. The van der Waals surface area contributed by atoms with E-state index in [9.17, 15) is 5.11 Å². The van der Waals surface area contributed by atoms with Crippen LogP contribution in [0, 0.1) is 6.92 Å². The predicted molar refractivity (Wildman–Crippen MR) is 127 cm³/mol. The minimum absolute atomic E-state index is 0. The van der Waals surface area contributed by atoms with Crippen LogP contribution in [0.2, 0.25) is 0 Å². The maximum Gasteiger partial charge on any atom is 0.191 e. The van der Waals surface area contributed by atoms with Crippen LogP contribution in [0.5, 0.6) is 5.75 Å². The van der Waals surface area contributed by atoms with E-state index in [1.807, 2.05) is 62.4 Å². The lowest BCUT2D eigenvalue weighted by Gasteiger charge is -2.16. The zero-order chi connectivity index (χ0) is 19.5. The molecule has 152 valence electrons. The Hall–Kier alpha value is -2.06. The van der Waals surface area contributed by atoms with Crippen molar-refractivity contribution in [2.24, 2.45) is 4.99 Å². The van der Waals surface area contributed by atoms with Crippen LogP contribution in [-0.4, -0.2) is 30.8 Å². The second kappa shape index (κ2) is 13.2. The fourth-order valence-corrected chi connectivity index (χ4v) is 2.53. The third-order valence-corrected chi connectivity index (χ3v) is 4.01. The number of aliphatic hydroxyl groups is 1. The SMILES string of the molecule is C=CCOc1ccccc1CN=C(NCC)NCC(O)c1ccc(C)cc1.I. The zero-order valence-electron chi connectivity index (χ0n) is 16.5. The Labute approximate surface area is 184 Å². The van der Waals surface area contributed by atoms with Gasteiger partial charge in [-0.1, -0.05) is 60.7 Å². The number of halogens is 1. The van der Waals surface area contributed by atoms with Crippen LogP contribution >= 0.6 is 24.0 Å². The topological polar surface area (TPSA) is 65.9 Å². The van der Waals surface area contributed by atoms with Gasteiger partial charge in [0.25, 0.3) is 0 Å².